The minimum atomic E-state index is 0. The molecule has 0 amide bonds. The molecule has 1 heterocycles. The quantitative estimate of drug-likeness (QED) is 0.696. The predicted octanol–water partition coefficient (Wildman–Crippen LogP) is 4.87. The van der Waals surface area contributed by atoms with Crippen LogP contribution in [0.3, 0.4) is 0 Å². The molecule has 0 aliphatic carbocycles. The van der Waals surface area contributed by atoms with Crippen molar-refractivity contribution in [2.75, 3.05) is 0 Å². The van der Waals surface area contributed by atoms with Gasteiger partial charge in [0.2, 0.25) is 0 Å². The van der Waals surface area contributed by atoms with Gasteiger partial charge in [0.1, 0.15) is 0 Å². The van der Waals surface area contributed by atoms with Crippen molar-refractivity contribution in [3.8, 4) is 11.1 Å². The van der Waals surface area contributed by atoms with Crippen LogP contribution in [0.25, 0.3) is 11.1 Å². The van der Waals surface area contributed by atoms with E-state index in [4.69, 9.17) is 5.10 Å². The van der Waals surface area contributed by atoms with Crippen molar-refractivity contribution in [2.24, 2.45) is 0 Å². The van der Waals surface area contributed by atoms with Gasteiger partial charge in [0.05, 0.1) is 5.69 Å². The fourth-order valence-electron chi connectivity index (χ4n) is 2.99. The van der Waals surface area contributed by atoms with Crippen molar-refractivity contribution in [1.82, 2.24) is 9.78 Å². The van der Waals surface area contributed by atoms with Gasteiger partial charge < -0.3 is 0 Å². The zero-order valence-corrected chi connectivity index (χ0v) is 15.5. The van der Waals surface area contributed by atoms with Crippen molar-refractivity contribution in [1.29, 1.82) is 0 Å². The second-order valence-corrected chi connectivity index (χ2v) is 5.89. The smallest absolute Gasteiger partial charge is 0.0703 e. The molecule has 0 N–H and O–H groups in total. The molecule has 2 aromatic rings. The average Bonchev–Trinajstić information content (AvgIpc) is 2.76. The molecule has 118 valence electrons. The molecule has 1 aromatic carbocycles. The van der Waals surface area contributed by atoms with Crippen molar-refractivity contribution in [3.63, 3.8) is 0 Å². The summed E-state index contributed by atoms with van der Waals surface area (Å²) in [6, 6.07) is 7.21. The molecule has 0 aliphatic rings. The molecule has 1 aromatic heterocycles. The first-order valence-corrected chi connectivity index (χ1v) is 7.66. The first-order valence-electron chi connectivity index (χ1n) is 7.66. The van der Waals surface area contributed by atoms with Crippen LogP contribution in [0.5, 0.6) is 0 Å². The van der Waals surface area contributed by atoms with E-state index in [-0.39, 0.29) is 20.4 Å². The van der Waals surface area contributed by atoms with Crippen molar-refractivity contribution < 1.29 is 20.4 Å². The van der Waals surface area contributed by atoms with Crippen molar-refractivity contribution in [3.05, 3.63) is 40.7 Å². The van der Waals surface area contributed by atoms with Gasteiger partial charge >= 0.3 is 0 Å². The average molecular weight is 377 g/mol. The number of nitrogens with zero attached hydrogens (tertiary/aromatic N) is 2. The van der Waals surface area contributed by atoms with Crippen LogP contribution in [-0.2, 0) is 33.3 Å². The molecule has 2 rings (SSSR count). The molecule has 0 bridgehead atoms. The van der Waals surface area contributed by atoms with Gasteiger partial charge in [0.25, 0.3) is 0 Å². The monoisotopic (exact) mass is 376 g/mol. The molecule has 0 spiro atoms. The van der Waals surface area contributed by atoms with E-state index in [0.717, 1.165) is 12.8 Å². The molecule has 0 saturated carbocycles. The van der Waals surface area contributed by atoms with Gasteiger partial charge in [0.15, 0.2) is 0 Å². The first kappa shape index (κ1) is 18.1. The molecule has 0 fully saturated rings. The summed E-state index contributed by atoms with van der Waals surface area (Å²) in [6.45, 7) is 13.2. The van der Waals surface area contributed by atoms with Crippen LogP contribution >= 0.6 is 0 Å². The van der Waals surface area contributed by atoms with E-state index in [1.54, 1.807) is 0 Å². The molecule has 0 atom stereocenters. The van der Waals surface area contributed by atoms with Gasteiger partial charge in [-0.2, -0.15) is 5.10 Å². The van der Waals surface area contributed by atoms with E-state index in [9.17, 15) is 0 Å². The fourth-order valence-corrected chi connectivity index (χ4v) is 2.99. The maximum atomic E-state index is 4.85. The summed E-state index contributed by atoms with van der Waals surface area (Å²) in [7, 11) is 0. The largest absolute Gasteiger partial charge is 0.266 e. The number of hydrogen-bond donors (Lipinski definition) is 0. The van der Waals surface area contributed by atoms with Gasteiger partial charge in [-0.15, -0.1) is 0 Å². The van der Waals surface area contributed by atoms with Crippen LogP contribution in [0.1, 0.15) is 56.3 Å². The summed E-state index contributed by atoms with van der Waals surface area (Å²) < 4.78 is 2.20. The summed E-state index contributed by atoms with van der Waals surface area (Å²) in [6.07, 6.45) is 2.00. The third-order valence-electron chi connectivity index (χ3n) is 3.75. The van der Waals surface area contributed by atoms with E-state index in [1.807, 2.05) is 0 Å². The fraction of sp³-hybridized carbons (Fsp3) is 0.500. The zero-order valence-electron chi connectivity index (χ0n) is 13.9. The number of aromatic nitrogens is 2. The Bertz CT molecular complexity index is 592. The van der Waals surface area contributed by atoms with E-state index in [0.29, 0.717) is 6.04 Å². The SMILES string of the molecule is CCc1nn(C(C)C)c(CC)c1-c1cc(C)cc(C)c1.[Pd]. The number of rotatable bonds is 4. The summed E-state index contributed by atoms with van der Waals surface area (Å²) in [5.41, 5.74) is 7.91. The van der Waals surface area contributed by atoms with Gasteiger partial charge in [-0.3, -0.25) is 4.68 Å². The molecule has 0 saturated heterocycles. The standard InChI is InChI=1S/C18H26N2.Pd/c1-7-16-18(15-10-13(5)9-14(6)11-15)17(8-2)20(19-16)12(3)4;/h9-12H,7-8H2,1-6H3;. The molecule has 2 nitrogen and oxygen atoms in total. The minimum absolute atomic E-state index is 0. The molecule has 21 heavy (non-hydrogen) atoms. The van der Waals surface area contributed by atoms with Crippen LogP contribution < -0.4 is 0 Å². The van der Waals surface area contributed by atoms with E-state index in [1.165, 1.54) is 33.6 Å². The Morgan fingerprint density at radius 3 is 2.00 bits per heavy atom. The molecule has 0 radical (unpaired) electrons. The third-order valence-corrected chi connectivity index (χ3v) is 3.75. The van der Waals surface area contributed by atoms with Crippen molar-refractivity contribution in [2.45, 2.75) is 60.4 Å². The summed E-state index contributed by atoms with van der Waals surface area (Å²) in [5.74, 6) is 0. The topological polar surface area (TPSA) is 17.8 Å². The minimum Gasteiger partial charge on any atom is -0.266 e. The predicted molar refractivity (Wildman–Crippen MR) is 86.3 cm³/mol. The van der Waals surface area contributed by atoms with Crippen molar-refractivity contribution >= 4 is 0 Å². The number of hydrogen-bond acceptors (Lipinski definition) is 1. The Morgan fingerprint density at radius 1 is 1.00 bits per heavy atom. The summed E-state index contributed by atoms with van der Waals surface area (Å²) in [5, 5.41) is 4.85. The number of benzene rings is 1. The Kier molecular flexibility index (Phi) is 6.38. The van der Waals surface area contributed by atoms with E-state index in [2.05, 4.69) is 64.4 Å². The normalized spacial score (nSPS) is 10.8. The first-order chi connectivity index (χ1) is 9.47. The zero-order chi connectivity index (χ0) is 14.9. The van der Waals surface area contributed by atoms with Gasteiger partial charge in [-0.05, 0) is 46.1 Å². The molecule has 3 heteroatoms. The second kappa shape index (κ2) is 7.38. The summed E-state index contributed by atoms with van der Waals surface area (Å²) in [4.78, 5) is 0. The second-order valence-electron chi connectivity index (χ2n) is 5.89. The Labute approximate surface area is 142 Å². The Balaban J connectivity index is 0.00000220. The number of aryl methyl sites for hydroxylation is 3. The summed E-state index contributed by atoms with van der Waals surface area (Å²) >= 11 is 0. The van der Waals surface area contributed by atoms with E-state index >= 15 is 0 Å². The van der Waals surface area contributed by atoms with Crippen LogP contribution in [0.2, 0.25) is 0 Å². The van der Waals surface area contributed by atoms with Gasteiger partial charge in [-0.25, -0.2) is 0 Å². The van der Waals surface area contributed by atoms with Crippen LogP contribution in [0, 0.1) is 13.8 Å². The Morgan fingerprint density at radius 2 is 1.57 bits per heavy atom. The molecule has 0 aliphatic heterocycles. The van der Waals surface area contributed by atoms with Gasteiger partial charge in [0, 0.05) is 37.7 Å². The van der Waals surface area contributed by atoms with Crippen LogP contribution in [0.4, 0.5) is 0 Å². The van der Waals surface area contributed by atoms with Gasteiger partial charge in [-0.1, -0.05) is 43.2 Å². The third kappa shape index (κ3) is 3.65. The van der Waals surface area contributed by atoms with E-state index < -0.39 is 0 Å². The van der Waals surface area contributed by atoms with Crippen LogP contribution in [0.15, 0.2) is 18.2 Å². The Hall–Kier alpha value is -0.908. The maximum Gasteiger partial charge on any atom is 0.0703 e. The molecular formula is C18H26N2Pd. The van der Waals surface area contributed by atoms with Crippen LogP contribution in [-0.4, -0.2) is 9.78 Å². The molecule has 0 unspecified atom stereocenters. The maximum absolute atomic E-state index is 4.85. The molecular weight excluding hydrogens is 351 g/mol.